The second-order valence-electron chi connectivity index (χ2n) is 33.4. The molecule has 0 saturated carbocycles. The van der Waals surface area contributed by atoms with Crippen LogP contribution in [0.25, 0.3) is 44.6 Å². The zero-order chi connectivity index (χ0) is 93.7. The maximum absolute atomic E-state index is 13.1. The van der Waals surface area contributed by atoms with Gasteiger partial charge in [-0.3, -0.25) is 38.4 Å². The van der Waals surface area contributed by atoms with Gasteiger partial charge in [-0.15, -0.1) is 0 Å². The first-order valence-electron chi connectivity index (χ1n) is 42.1. The second-order valence-corrected chi connectivity index (χ2v) is 33.8. The van der Waals surface area contributed by atoms with Crippen LogP contribution in [0.2, 0.25) is 5.02 Å². The lowest BCUT2D eigenvalue weighted by Crippen LogP contribution is -2.44. The third-order valence-electron chi connectivity index (χ3n) is 23.3. The summed E-state index contributed by atoms with van der Waals surface area (Å²) in [5, 5.41) is 71.1. The number of hydrogen-bond donors (Lipinski definition) is 16. The minimum Gasteiger partial charge on any atom is -0.480 e. The summed E-state index contributed by atoms with van der Waals surface area (Å²) in [6.45, 7) is 11.8. The highest BCUT2D eigenvalue weighted by Gasteiger charge is 2.32. The molecule has 8 aromatic carbocycles. The lowest BCUT2D eigenvalue weighted by Gasteiger charge is -2.20. The van der Waals surface area contributed by atoms with Crippen LogP contribution in [0.5, 0.6) is 0 Å². The molecule has 24 N–H and O–H groups in total. The predicted octanol–water partition coefficient (Wildman–Crippen LogP) is 15.1. The molecule has 34 heteroatoms. The van der Waals surface area contributed by atoms with Gasteiger partial charge in [0.15, 0.2) is 0 Å². The summed E-state index contributed by atoms with van der Waals surface area (Å²) in [6.07, 6.45) is 26.3. The van der Waals surface area contributed by atoms with Crippen molar-refractivity contribution < 1.29 is 83.6 Å². The zero-order valence-electron chi connectivity index (χ0n) is 76.6. The van der Waals surface area contributed by atoms with Gasteiger partial charge in [0.25, 0.3) is 0 Å². The summed E-state index contributed by atoms with van der Waals surface area (Å²) in [6, 6.07) is 43.5. The number of aliphatic carboxylic acids is 8. The molecule has 736 valence electrons. The third kappa shape index (κ3) is 34.6. The number of carboxylic acids is 8. The summed E-state index contributed by atoms with van der Waals surface area (Å²) < 4.78 is 13.1. The average molecular weight is 2040 g/mol. The van der Waals surface area contributed by atoms with E-state index < -0.39 is 95.6 Å². The van der Waals surface area contributed by atoms with Gasteiger partial charge in [-0.05, 0) is 307 Å². The molecule has 8 aliphatic carbocycles. The molecule has 0 fully saturated rings. The minimum absolute atomic E-state index is 0. The van der Waals surface area contributed by atoms with Crippen molar-refractivity contribution in [2.45, 2.75) is 192 Å². The fraction of sp³-hybridized carbons (Fsp3) is 0.294. The quantitative estimate of drug-likeness (QED) is 0.0267. The normalized spacial score (nSPS) is 14.8. The number of carboxylic acid groups (broad SMARTS) is 8. The van der Waals surface area contributed by atoms with E-state index in [-0.39, 0.29) is 120 Å². The van der Waals surface area contributed by atoms with Crippen LogP contribution in [-0.4, -0.2) is 136 Å². The van der Waals surface area contributed by atoms with Crippen LogP contribution in [0.4, 0.5) is 4.39 Å². The molecule has 8 aliphatic rings. The van der Waals surface area contributed by atoms with Crippen LogP contribution in [-0.2, 0) is 89.7 Å². The Morgan fingerprint density at radius 3 is 1.02 bits per heavy atom. The van der Waals surface area contributed by atoms with E-state index in [0.29, 0.717) is 50.0 Å². The van der Waals surface area contributed by atoms with Crippen molar-refractivity contribution in [2.75, 3.05) is 0 Å². The molecular weight excluding hydrogens is 1900 g/mol. The summed E-state index contributed by atoms with van der Waals surface area (Å²) in [7, 11) is 0. The molecule has 8 aromatic rings. The number of allylic oxidation sites excluding steroid dienone is 8. The lowest BCUT2D eigenvalue weighted by atomic mass is 9.91. The first-order valence-corrected chi connectivity index (χ1v) is 42.5. The van der Waals surface area contributed by atoms with Crippen LogP contribution >= 0.6 is 120 Å². The summed E-state index contributed by atoms with van der Waals surface area (Å²) >= 11 is 5.89. The van der Waals surface area contributed by atoms with Gasteiger partial charge in [0.05, 0.1) is 0 Å². The van der Waals surface area contributed by atoms with E-state index >= 15 is 0 Å². The topological polar surface area (TPSA) is 507 Å². The van der Waals surface area contributed by atoms with Crippen LogP contribution in [0, 0.1) is 40.4 Å². The van der Waals surface area contributed by atoms with Gasteiger partial charge < -0.3 is 86.7 Å². The number of benzene rings is 8. The third-order valence-corrected chi connectivity index (χ3v) is 23.6. The zero-order valence-corrected chi connectivity index (χ0v) is 85.4. The monoisotopic (exact) mass is 2030 g/mol. The summed E-state index contributed by atoms with van der Waals surface area (Å²) in [4.78, 5) is 85.8. The predicted molar refractivity (Wildman–Crippen MR) is 583 cm³/mol. The average Bonchev–Trinajstić information content (AvgIpc) is 1.50. The molecule has 0 aliphatic heterocycles. The maximum atomic E-state index is 13.1. The maximum Gasteiger partial charge on any atom is 0.323 e. The van der Waals surface area contributed by atoms with E-state index in [9.17, 15) is 42.7 Å². The summed E-state index contributed by atoms with van der Waals surface area (Å²) in [5.74, 6) is -7.99. The Hall–Kier alpha value is -9.86. The molecule has 0 amide bonds. The molecule has 136 heavy (non-hydrogen) atoms. The number of hydrogen-bond acceptors (Lipinski definition) is 16. The summed E-state index contributed by atoms with van der Waals surface area (Å²) in [5.41, 5.74) is 76.2. The Morgan fingerprint density at radius 1 is 0.309 bits per heavy atom. The molecule has 0 bridgehead atoms. The highest BCUT2D eigenvalue weighted by atomic mass is 35.5. The van der Waals surface area contributed by atoms with Crippen molar-refractivity contribution in [3.8, 4) is 0 Å². The fourth-order valence-corrected chi connectivity index (χ4v) is 16.5. The Morgan fingerprint density at radius 2 is 0.596 bits per heavy atom. The van der Waals surface area contributed by atoms with E-state index in [2.05, 4.69) is 118 Å². The van der Waals surface area contributed by atoms with Gasteiger partial charge in [-0.2, -0.15) is 108 Å². The van der Waals surface area contributed by atoms with E-state index in [1.54, 1.807) is 13.0 Å². The molecular formula is C102H130ClFN8O16S8. The first kappa shape index (κ1) is 124. The smallest absolute Gasteiger partial charge is 0.323 e. The Kier molecular flexibility index (Phi) is 52.5. The molecule has 0 heterocycles. The number of aryl methyl sites for hydroxylation is 5. The Balaban J connectivity index is 0.000000771. The van der Waals surface area contributed by atoms with Gasteiger partial charge in [0, 0.05) is 11.4 Å². The second kappa shape index (κ2) is 57.5. The largest absolute Gasteiger partial charge is 0.480 e. The highest BCUT2D eigenvalue weighted by Crippen LogP contribution is 2.40. The van der Waals surface area contributed by atoms with Crippen LogP contribution in [0.1, 0.15) is 175 Å². The van der Waals surface area contributed by atoms with Crippen molar-refractivity contribution >= 4 is 212 Å². The van der Waals surface area contributed by atoms with E-state index in [1.807, 2.05) is 98.8 Å². The Labute approximate surface area is 854 Å². The number of fused-ring (bicyclic) bond motifs is 8. The number of nitrogens with two attached hydrogens (primary N) is 8. The van der Waals surface area contributed by atoms with E-state index in [0.717, 1.165) is 146 Å². The minimum atomic E-state index is -1.19. The number of carbonyl (C=O) groups is 8. The lowest BCUT2D eigenvalue weighted by molar-refractivity contribution is -0.143. The van der Waals surface area contributed by atoms with E-state index in [4.69, 9.17) is 98.3 Å². The van der Waals surface area contributed by atoms with Gasteiger partial charge in [0.1, 0.15) is 53.6 Å². The Bertz CT molecular complexity index is 5540. The highest BCUT2D eigenvalue weighted by molar-refractivity contribution is 7.60. The molecule has 0 saturated heterocycles. The van der Waals surface area contributed by atoms with Crippen molar-refractivity contribution in [3.63, 3.8) is 0 Å². The molecule has 8 unspecified atom stereocenters. The molecule has 0 radical (unpaired) electrons. The molecule has 16 rings (SSSR count). The van der Waals surface area contributed by atoms with Gasteiger partial charge in [-0.25, -0.2) is 4.39 Å². The fourth-order valence-electron chi connectivity index (χ4n) is 16.3. The van der Waals surface area contributed by atoms with E-state index in [1.165, 1.54) is 78.9 Å². The van der Waals surface area contributed by atoms with Crippen LogP contribution in [0.3, 0.4) is 0 Å². The van der Waals surface area contributed by atoms with Crippen molar-refractivity contribution in [1.82, 2.24) is 0 Å². The van der Waals surface area contributed by atoms with Gasteiger partial charge in [0.2, 0.25) is 0 Å². The van der Waals surface area contributed by atoms with Crippen molar-refractivity contribution in [3.05, 3.63) is 328 Å². The molecule has 8 atom stereocenters. The van der Waals surface area contributed by atoms with Gasteiger partial charge >= 0.3 is 47.8 Å². The number of rotatable bonds is 24. The van der Waals surface area contributed by atoms with Crippen LogP contribution < -0.4 is 45.9 Å². The van der Waals surface area contributed by atoms with Crippen LogP contribution in [0.15, 0.2) is 200 Å². The molecule has 24 nitrogen and oxygen atoms in total. The number of halogens is 2. The van der Waals surface area contributed by atoms with Crippen molar-refractivity contribution in [1.29, 1.82) is 0 Å². The van der Waals surface area contributed by atoms with Crippen molar-refractivity contribution in [2.24, 2.45) is 45.9 Å². The first-order chi connectivity index (χ1) is 60.6. The molecule has 0 aromatic heterocycles. The SMILES string of the molecule is CC(N)(CC1=CCc2ccccc21)C(=O)O.Cc1ccc2c(c1)C(CC(N)C(=O)O)=CC2.Cc1ccc2c(c1)CC=C2CC(N)C(=O)O.Cc1ccc2c(c1)CC=C2CC(N)C(=O)O.Cc1cccc2c1C(CC(N)C(=O)O)=CC2.Cc1cccc2c1CC=C2CC(N)C(=O)O.NC(CC1=CCc2cc(Cl)ccc21)C(=O)O.NC(CC1=CCc2ccc(F)cc21)C(=O)O.S.S.S.S.S.S.S.S. The molecule has 0 spiro atoms. The standard InChI is InChI=1S/6C13H15NO2.C12H12ClNO2.C12H12FNO2.8H2S/c2*1-8-2-5-11-9(6-8)3-4-10(11)7-12(14)13(15)16;1-8-2-3-9-4-5-10(11(9)6-8)7-12(14)13(15)16;1-8-3-2-4-11-9(5-6-10(8)11)7-12(14)13(15)16;1-8-3-2-4-9-5-6-10(12(8)9)7-11(14)13(15)16;1-13(14,12(15)16)8-10-7-6-9-4-2-3-5-11(9)10;13-9-3-4-10-7(5-9)1-2-8(10)6-11(14)12(15)16;13-9-4-3-7-1-2-8(10(7)6-9)5-11(14)12(15)16;;;;;;;;/h2*2,4-6,12H,3,7,14H2,1H3,(H,15,16);2-3,5-6,12H,4,7,14H2,1H3,(H,15,16);2-5,12H,6-7,14H2,1H3,(H,15,16);2-4,6,11H,5,7,14H2,1H3,(H,15,16);2-5,7H,6,8,14H2,1H3,(H,15,16);2-5,11H,1,6,14H2,(H,15,16);2-4,6,11H,1,5,14H2,(H,15,16);8*1H2. The van der Waals surface area contributed by atoms with Gasteiger partial charge in [-0.1, -0.05) is 204 Å².